The first-order valence-corrected chi connectivity index (χ1v) is 29.6. The van der Waals surface area contributed by atoms with Gasteiger partial charge in [-0.1, -0.05) is 31.9 Å². The van der Waals surface area contributed by atoms with Gasteiger partial charge in [0.05, 0.1) is 30.0 Å². The van der Waals surface area contributed by atoms with Crippen LogP contribution in [0.2, 0.25) is 0 Å². The standard InChI is InChI=1S/C17H23BrFN3O2.C9H12BrFN2.C8H15NO3.2Na.O4S2/c1-10(2)22-13-8-11(18)7-12(19)15(13)20-14(22)9-21(6)16(23)24-17(3,4)5;1-5(2)13-8-4-6(10)3-7(11)9(8)12;1-8(2,3)12-7(11)9(4)5-6-10;;;1-5(2)6(3)4/h7-8,10H,9H2,1-6H3;3-5,13H,12H2,1-2H3;6H,5H2,1-4H3;;;. The van der Waals surface area contributed by atoms with Crippen LogP contribution in [0.5, 0.6) is 0 Å². The summed E-state index contributed by atoms with van der Waals surface area (Å²) in [6.07, 6.45) is -0.259. The van der Waals surface area contributed by atoms with Crippen molar-refractivity contribution in [2.24, 2.45) is 0 Å². The quantitative estimate of drug-likeness (QED) is 0.142. The van der Waals surface area contributed by atoms with Gasteiger partial charge in [-0.15, -0.1) is 0 Å². The van der Waals surface area contributed by atoms with Gasteiger partial charge in [0.1, 0.15) is 34.6 Å². The molecule has 1 heterocycles. The average molecular weight is 995 g/mol. The van der Waals surface area contributed by atoms with Crippen LogP contribution < -0.4 is 11.1 Å². The number of likely N-dealkylation sites (N-methyl/N-ethyl adjacent to an activating group) is 1. The van der Waals surface area contributed by atoms with E-state index in [9.17, 15) is 23.2 Å². The summed E-state index contributed by atoms with van der Waals surface area (Å²) in [7, 11) is -2.74. The van der Waals surface area contributed by atoms with Crippen molar-refractivity contribution in [3.05, 3.63) is 50.7 Å². The summed E-state index contributed by atoms with van der Waals surface area (Å²) in [5, 5.41) is 3.06. The number of nitrogens with one attached hydrogen (secondary N) is 1. The zero-order chi connectivity index (χ0) is 45.2. The number of aromatic nitrogens is 2. The van der Waals surface area contributed by atoms with Crippen molar-refractivity contribution in [1.29, 1.82) is 0 Å². The molecule has 15 nitrogen and oxygen atoms in total. The number of halogens is 4. The van der Waals surface area contributed by atoms with E-state index in [2.05, 4.69) is 42.2 Å². The molecule has 3 rings (SSSR count). The minimum atomic E-state index is -2.95. The molecule has 0 atom stereocenters. The summed E-state index contributed by atoms with van der Waals surface area (Å²) in [5.74, 6) is -0.178. The third-order valence-corrected chi connectivity index (χ3v) is 7.89. The maximum absolute atomic E-state index is 14.2. The van der Waals surface area contributed by atoms with Crippen LogP contribution in [0.25, 0.3) is 11.0 Å². The summed E-state index contributed by atoms with van der Waals surface area (Å²) >= 11 is 9.41. The number of anilines is 2. The summed E-state index contributed by atoms with van der Waals surface area (Å²) in [5.41, 5.74) is 6.26. The van der Waals surface area contributed by atoms with Crippen molar-refractivity contribution in [2.75, 3.05) is 31.7 Å². The second-order valence-electron chi connectivity index (χ2n) is 14.2. The van der Waals surface area contributed by atoms with Crippen LogP contribution in [-0.2, 0) is 39.3 Å². The number of imidazole rings is 1. The van der Waals surface area contributed by atoms with Crippen LogP contribution in [0.3, 0.4) is 0 Å². The molecule has 0 radical (unpaired) electrons. The topological polar surface area (TPSA) is 200 Å². The molecule has 0 unspecified atom stereocenters. The fraction of sp³-hybridized carbons (Fsp3) is 0.529. The summed E-state index contributed by atoms with van der Waals surface area (Å²) in [6.45, 7) is 19.0. The van der Waals surface area contributed by atoms with Gasteiger partial charge >= 0.3 is 74.3 Å². The van der Waals surface area contributed by atoms with Crippen LogP contribution in [0, 0.1) is 11.6 Å². The molecule has 0 saturated heterocycles. The molecule has 23 heteroatoms. The van der Waals surface area contributed by atoms with E-state index in [0.717, 1.165) is 0 Å². The van der Waals surface area contributed by atoms with E-state index in [1.54, 1.807) is 33.9 Å². The molecule has 0 fully saturated rings. The number of nitrogens with zero attached hydrogens (tertiary/aromatic N) is 4. The first-order chi connectivity index (χ1) is 26.0. The van der Waals surface area contributed by atoms with Gasteiger partial charge in [-0.2, -0.15) is 16.8 Å². The molecule has 0 aliphatic carbocycles. The van der Waals surface area contributed by atoms with Gasteiger partial charge in [0.2, 0.25) is 0 Å². The van der Waals surface area contributed by atoms with Crippen molar-refractivity contribution in [3.8, 4) is 0 Å². The molecule has 0 spiro atoms. The van der Waals surface area contributed by atoms with E-state index in [-0.39, 0.29) is 36.7 Å². The van der Waals surface area contributed by atoms with Crippen molar-refractivity contribution >= 4 is 135 Å². The molecule has 2 amide bonds. The number of aldehydes is 1. The van der Waals surface area contributed by atoms with Gasteiger partial charge in [-0.05, 0) is 93.5 Å². The zero-order valence-electron chi connectivity index (χ0n) is 34.8. The van der Waals surface area contributed by atoms with Crippen LogP contribution in [0.15, 0.2) is 33.2 Å². The Hall–Kier alpha value is -1.82. The minimum absolute atomic E-state index is 0.0644. The molecular weight excluding hydrogens is 944 g/mol. The van der Waals surface area contributed by atoms with E-state index < -0.39 is 47.7 Å². The van der Waals surface area contributed by atoms with E-state index in [0.29, 0.717) is 37.8 Å². The average Bonchev–Trinajstić information content (AvgIpc) is 3.41. The van der Waals surface area contributed by atoms with Crippen molar-refractivity contribution < 1.29 is 49.5 Å². The Kier molecular flexibility index (Phi) is 27.2. The Balaban J connectivity index is 0. The second kappa shape index (κ2) is 27.1. The van der Waals surface area contributed by atoms with Crippen molar-refractivity contribution in [1.82, 2.24) is 19.4 Å². The maximum atomic E-state index is 14.2. The van der Waals surface area contributed by atoms with E-state index in [1.165, 1.54) is 72.6 Å². The number of carbonyl (C=O) groups is 3. The zero-order valence-corrected chi connectivity index (χ0v) is 43.6. The van der Waals surface area contributed by atoms with E-state index >= 15 is 0 Å². The molecule has 3 N–H and O–H groups in total. The summed E-state index contributed by atoms with van der Waals surface area (Å²) < 4.78 is 77.3. The third-order valence-electron chi connectivity index (χ3n) is 6.09. The first kappa shape index (κ1) is 57.3. The molecule has 312 valence electrons. The molecule has 0 saturated carbocycles. The molecule has 2 aromatic carbocycles. The number of hydrogen-bond acceptors (Lipinski definition) is 12. The predicted molar refractivity (Wildman–Crippen MR) is 227 cm³/mol. The number of ether oxygens (including phenoxy) is 2. The fourth-order valence-corrected chi connectivity index (χ4v) is 4.86. The summed E-state index contributed by atoms with van der Waals surface area (Å²) in [6, 6.07) is 6.64. The SMILES string of the molecule is CC(C)Nc1cc(Br)cc(F)c1N.CC(C)n1c(CN(C)C(=O)OC(C)(C)C)nc2c(F)cc(Br)cc21.CN(CC=O)C(=O)OC(C)(C)C.O=S(=O)=S(=O)=O.[Na][Na]. The van der Waals surface area contributed by atoms with E-state index in [1.807, 2.05) is 59.1 Å². The number of nitrogens with two attached hydrogens (primary N) is 1. The number of rotatable bonds is 7. The normalized spacial score (nSPS) is 10.6. The first-order valence-electron chi connectivity index (χ1n) is 17.4. The van der Waals surface area contributed by atoms with Crippen LogP contribution >= 0.6 is 31.9 Å². The van der Waals surface area contributed by atoms with Gasteiger partial charge in [-0.25, -0.2) is 23.4 Å². The van der Waals surface area contributed by atoms with E-state index in [4.69, 9.17) is 32.0 Å². The second-order valence-corrected chi connectivity index (χ2v) is 18.4. The monoisotopic (exact) mass is 992 g/mol. The molecular formula is C34H50Br2F2N6Na2O9S2. The van der Waals surface area contributed by atoms with Crippen molar-refractivity contribution in [2.45, 2.75) is 99.1 Å². The molecule has 1 aromatic heterocycles. The Labute approximate surface area is 381 Å². The number of benzene rings is 2. The number of carbonyl (C=O) groups excluding carboxylic acids is 3. The number of nitrogen functional groups attached to an aromatic ring is 1. The molecule has 57 heavy (non-hydrogen) atoms. The number of hydrogen-bond donors (Lipinski definition) is 2. The van der Waals surface area contributed by atoms with Gasteiger partial charge in [0, 0.05) is 35.1 Å². The van der Waals surface area contributed by atoms with Gasteiger partial charge in [0.25, 0.3) is 0 Å². The van der Waals surface area contributed by atoms with Crippen LogP contribution in [0.1, 0.15) is 81.1 Å². The Morgan fingerprint density at radius 3 is 1.72 bits per heavy atom. The van der Waals surface area contributed by atoms with Crippen LogP contribution in [0.4, 0.5) is 29.7 Å². The Morgan fingerprint density at radius 2 is 1.32 bits per heavy atom. The molecule has 0 aliphatic heterocycles. The third kappa shape index (κ3) is 23.5. The Bertz CT molecular complexity index is 2020. The number of fused-ring (bicyclic) bond motifs is 1. The van der Waals surface area contributed by atoms with Gasteiger partial charge in [0.15, 0.2) is 5.82 Å². The molecule has 0 bridgehead atoms. The fourth-order valence-electron chi connectivity index (χ4n) is 4.01. The van der Waals surface area contributed by atoms with Crippen LogP contribution in [-0.4, -0.2) is 136 Å². The van der Waals surface area contributed by atoms with Gasteiger partial charge < -0.3 is 39.7 Å². The number of amides is 2. The predicted octanol–water partition coefficient (Wildman–Crippen LogP) is 6.83. The Morgan fingerprint density at radius 1 is 0.877 bits per heavy atom. The van der Waals surface area contributed by atoms with Crippen molar-refractivity contribution in [3.63, 3.8) is 0 Å². The molecule has 0 aliphatic rings. The summed E-state index contributed by atoms with van der Waals surface area (Å²) in [4.78, 5) is 40.4. The molecule has 3 aromatic rings. The van der Waals surface area contributed by atoms with Gasteiger partial charge in [-0.3, -0.25) is 0 Å².